The van der Waals surface area contributed by atoms with E-state index in [2.05, 4.69) is 26.2 Å². The number of halogens is 3. The molecule has 7 heteroatoms. The molecule has 2 aromatic rings. The van der Waals surface area contributed by atoms with Gasteiger partial charge >= 0.3 is 0 Å². The molecule has 0 aliphatic heterocycles. The van der Waals surface area contributed by atoms with E-state index in [1.807, 2.05) is 0 Å². The van der Waals surface area contributed by atoms with Crippen LogP contribution in [0, 0.1) is 0 Å². The number of ether oxygens (including phenoxy) is 1. The van der Waals surface area contributed by atoms with Crippen LogP contribution in [0.1, 0.15) is 0 Å². The number of nitrogen functional groups attached to an aromatic ring is 1. The smallest absolute Gasteiger partial charge is 0.238 e. The van der Waals surface area contributed by atoms with Gasteiger partial charge in [0.25, 0.3) is 0 Å². The first-order valence-electron chi connectivity index (χ1n) is 5.24. The van der Waals surface area contributed by atoms with Crippen LogP contribution in [0.25, 0.3) is 0 Å². The third-order valence-electron chi connectivity index (χ3n) is 2.38. The van der Waals surface area contributed by atoms with Crippen LogP contribution >= 0.6 is 39.1 Å². The number of nitrogens with two attached hydrogens (primary N) is 1. The van der Waals surface area contributed by atoms with Gasteiger partial charge in [0.15, 0.2) is 0 Å². The summed E-state index contributed by atoms with van der Waals surface area (Å²) in [6.45, 7) is 0. The van der Waals surface area contributed by atoms with Crippen LogP contribution in [0.3, 0.4) is 0 Å². The van der Waals surface area contributed by atoms with E-state index in [9.17, 15) is 0 Å². The second-order valence-corrected chi connectivity index (χ2v) is 5.25. The molecule has 0 aliphatic rings. The van der Waals surface area contributed by atoms with Crippen molar-refractivity contribution in [1.82, 2.24) is 4.98 Å². The van der Waals surface area contributed by atoms with Gasteiger partial charge in [0.2, 0.25) is 5.88 Å². The Bertz CT molecular complexity index is 622. The van der Waals surface area contributed by atoms with Crippen molar-refractivity contribution >= 4 is 56.3 Å². The normalized spacial score (nSPS) is 10.3. The fraction of sp³-hybridized carbons (Fsp3) is 0.0833. The van der Waals surface area contributed by atoms with Crippen LogP contribution in [0.4, 0.5) is 17.2 Å². The van der Waals surface area contributed by atoms with Gasteiger partial charge in [0.1, 0.15) is 5.82 Å². The van der Waals surface area contributed by atoms with Crippen molar-refractivity contribution in [2.24, 2.45) is 0 Å². The molecule has 0 bridgehead atoms. The minimum Gasteiger partial charge on any atom is -0.479 e. The van der Waals surface area contributed by atoms with Gasteiger partial charge in [-0.2, -0.15) is 4.98 Å². The van der Waals surface area contributed by atoms with Gasteiger partial charge < -0.3 is 15.8 Å². The standard InChI is InChI=1S/C12H10BrCl2N3O/c1-19-12-7(16)3-5-9(18-12)17-8-4-2-6(13)10(14)11(8)15/h2-5H,16H2,1H3,(H,17,18). The number of hydrogen-bond donors (Lipinski definition) is 2. The Labute approximate surface area is 129 Å². The molecule has 0 fully saturated rings. The second kappa shape index (κ2) is 5.86. The van der Waals surface area contributed by atoms with Crippen molar-refractivity contribution in [2.45, 2.75) is 0 Å². The highest BCUT2D eigenvalue weighted by Crippen LogP contribution is 2.37. The maximum Gasteiger partial charge on any atom is 0.238 e. The molecule has 0 aliphatic carbocycles. The number of rotatable bonds is 3. The summed E-state index contributed by atoms with van der Waals surface area (Å²) >= 11 is 15.5. The first-order valence-corrected chi connectivity index (χ1v) is 6.79. The zero-order valence-electron chi connectivity index (χ0n) is 9.88. The number of anilines is 3. The Morgan fingerprint density at radius 3 is 2.63 bits per heavy atom. The zero-order valence-corrected chi connectivity index (χ0v) is 13.0. The molecule has 1 heterocycles. The van der Waals surface area contributed by atoms with E-state index in [1.165, 1.54) is 7.11 Å². The highest BCUT2D eigenvalue weighted by molar-refractivity contribution is 9.10. The van der Waals surface area contributed by atoms with Gasteiger partial charge in [-0.25, -0.2) is 0 Å². The van der Waals surface area contributed by atoms with Gasteiger partial charge in [-0.05, 0) is 40.2 Å². The van der Waals surface area contributed by atoms with E-state index in [4.69, 9.17) is 33.7 Å². The number of benzene rings is 1. The maximum atomic E-state index is 6.15. The van der Waals surface area contributed by atoms with Crippen LogP contribution < -0.4 is 15.8 Å². The summed E-state index contributed by atoms with van der Waals surface area (Å²) in [6, 6.07) is 7.01. The number of hydrogen-bond acceptors (Lipinski definition) is 4. The van der Waals surface area contributed by atoms with Gasteiger partial charge in [-0.15, -0.1) is 0 Å². The third kappa shape index (κ3) is 3.05. The predicted octanol–water partition coefficient (Wildman–Crippen LogP) is 4.49. The average molecular weight is 363 g/mol. The predicted molar refractivity (Wildman–Crippen MR) is 82.6 cm³/mol. The number of methoxy groups -OCH3 is 1. The lowest BCUT2D eigenvalue weighted by atomic mass is 10.3. The minimum atomic E-state index is 0.351. The fourth-order valence-electron chi connectivity index (χ4n) is 1.44. The van der Waals surface area contributed by atoms with E-state index in [0.29, 0.717) is 33.1 Å². The number of nitrogens with zero attached hydrogens (tertiary/aromatic N) is 1. The Morgan fingerprint density at radius 1 is 1.21 bits per heavy atom. The zero-order chi connectivity index (χ0) is 14.0. The van der Waals surface area contributed by atoms with Gasteiger partial charge in [0, 0.05) is 4.47 Å². The highest BCUT2D eigenvalue weighted by atomic mass is 79.9. The topological polar surface area (TPSA) is 60.2 Å². The van der Waals surface area contributed by atoms with Crippen molar-refractivity contribution < 1.29 is 4.74 Å². The molecule has 0 unspecified atom stereocenters. The molecule has 4 nitrogen and oxygen atoms in total. The Hall–Kier alpha value is -1.17. The van der Waals surface area contributed by atoms with Crippen LogP contribution in [0.2, 0.25) is 10.0 Å². The summed E-state index contributed by atoms with van der Waals surface area (Å²) in [7, 11) is 1.51. The molecule has 0 saturated heterocycles. The van der Waals surface area contributed by atoms with Crippen molar-refractivity contribution in [3.05, 3.63) is 38.8 Å². The summed E-state index contributed by atoms with van der Waals surface area (Å²) in [5.74, 6) is 0.913. The summed E-state index contributed by atoms with van der Waals surface area (Å²) in [4.78, 5) is 4.21. The quantitative estimate of drug-likeness (QED) is 0.790. The summed E-state index contributed by atoms with van der Waals surface area (Å²) < 4.78 is 5.78. The summed E-state index contributed by atoms with van der Waals surface area (Å²) in [5.41, 5.74) is 6.81. The summed E-state index contributed by atoms with van der Waals surface area (Å²) in [5, 5.41) is 3.91. The highest BCUT2D eigenvalue weighted by Gasteiger charge is 2.10. The lowest BCUT2D eigenvalue weighted by Crippen LogP contribution is -1.99. The van der Waals surface area contributed by atoms with Crippen molar-refractivity contribution in [3.8, 4) is 5.88 Å². The molecule has 100 valence electrons. The number of pyridine rings is 1. The minimum absolute atomic E-state index is 0.351. The first-order chi connectivity index (χ1) is 9.02. The average Bonchev–Trinajstić information content (AvgIpc) is 2.41. The van der Waals surface area contributed by atoms with E-state index in [-0.39, 0.29) is 0 Å². The second-order valence-electron chi connectivity index (χ2n) is 3.64. The van der Waals surface area contributed by atoms with E-state index in [0.717, 1.165) is 4.47 Å². The van der Waals surface area contributed by atoms with Crippen LogP contribution in [0.15, 0.2) is 28.7 Å². The fourth-order valence-corrected chi connectivity index (χ4v) is 2.27. The number of nitrogens with one attached hydrogen (secondary N) is 1. The molecule has 3 N–H and O–H groups in total. The van der Waals surface area contributed by atoms with Gasteiger partial charge in [0.05, 0.1) is 28.5 Å². The molecule has 0 amide bonds. The largest absolute Gasteiger partial charge is 0.479 e. The molecule has 2 rings (SSSR count). The van der Waals surface area contributed by atoms with E-state index in [1.54, 1.807) is 24.3 Å². The lowest BCUT2D eigenvalue weighted by Gasteiger charge is -2.11. The Kier molecular flexibility index (Phi) is 4.39. The van der Waals surface area contributed by atoms with Crippen molar-refractivity contribution in [2.75, 3.05) is 18.2 Å². The van der Waals surface area contributed by atoms with Gasteiger partial charge in [-0.3, -0.25) is 0 Å². The molecule has 0 radical (unpaired) electrons. The lowest BCUT2D eigenvalue weighted by molar-refractivity contribution is 0.401. The molecular formula is C12H10BrCl2N3O. The van der Waals surface area contributed by atoms with E-state index >= 15 is 0 Å². The van der Waals surface area contributed by atoms with Crippen LogP contribution in [0.5, 0.6) is 5.88 Å². The molecule has 1 aromatic heterocycles. The summed E-state index contributed by atoms with van der Waals surface area (Å²) in [6.07, 6.45) is 0. The Balaban J connectivity index is 2.34. The van der Waals surface area contributed by atoms with Crippen LogP contribution in [-0.2, 0) is 0 Å². The van der Waals surface area contributed by atoms with Crippen LogP contribution in [-0.4, -0.2) is 12.1 Å². The van der Waals surface area contributed by atoms with Gasteiger partial charge in [-0.1, -0.05) is 23.2 Å². The van der Waals surface area contributed by atoms with Crippen molar-refractivity contribution in [1.29, 1.82) is 0 Å². The monoisotopic (exact) mass is 361 g/mol. The molecule has 19 heavy (non-hydrogen) atoms. The maximum absolute atomic E-state index is 6.15. The SMILES string of the molecule is COc1nc(Nc2ccc(Br)c(Cl)c2Cl)ccc1N. The first kappa shape index (κ1) is 14.2. The third-order valence-corrected chi connectivity index (χ3v) is 4.15. The van der Waals surface area contributed by atoms with E-state index < -0.39 is 0 Å². The number of aromatic nitrogens is 1. The molecular weight excluding hydrogens is 353 g/mol. The molecule has 0 saturated carbocycles. The molecule has 0 spiro atoms. The molecule has 1 aromatic carbocycles. The Morgan fingerprint density at radius 2 is 1.95 bits per heavy atom. The van der Waals surface area contributed by atoms with Crippen molar-refractivity contribution in [3.63, 3.8) is 0 Å². The molecule has 0 atom stereocenters.